The van der Waals surface area contributed by atoms with Gasteiger partial charge in [-0.05, 0) is 71.3 Å². The summed E-state index contributed by atoms with van der Waals surface area (Å²) in [6.07, 6.45) is 3.70. The maximum absolute atomic E-state index is 14.9. The van der Waals surface area contributed by atoms with Crippen molar-refractivity contribution in [2.24, 2.45) is 5.92 Å². The van der Waals surface area contributed by atoms with Gasteiger partial charge in [-0.25, -0.2) is 4.39 Å². The van der Waals surface area contributed by atoms with Gasteiger partial charge in [0.25, 0.3) is 0 Å². The maximum Gasteiger partial charge on any atom is 0.238 e. The van der Waals surface area contributed by atoms with Gasteiger partial charge in [0.15, 0.2) is 11.6 Å². The second kappa shape index (κ2) is 9.94. The average molecular weight is 575 g/mol. The Labute approximate surface area is 247 Å². The first-order chi connectivity index (χ1) is 20.9. The Morgan fingerprint density at radius 2 is 1.63 bits per heavy atom. The van der Waals surface area contributed by atoms with E-state index in [1.807, 2.05) is 53.4 Å². The number of fused-ring (bicyclic) bond motifs is 6. The molecule has 3 aliphatic heterocycles. The first-order valence-electron chi connectivity index (χ1n) is 13.9. The molecule has 4 aromatic rings. The van der Waals surface area contributed by atoms with Crippen molar-refractivity contribution in [1.82, 2.24) is 4.90 Å². The normalized spacial score (nSPS) is 22.9. The van der Waals surface area contributed by atoms with Gasteiger partial charge in [-0.2, -0.15) is 0 Å². The van der Waals surface area contributed by atoms with Gasteiger partial charge in [-0.1, -0.05) is 42.5 Å². The van der Waals surface area contributed by atoms with Crippen LogP contribution in [-0.4, -0.2) is 42.6 Å². The number of benzene rings is 4. The number of Topliss-reactive ketones (excluding diaryl/α,β-unsaturated/α-hetero) is 2. The standard InChI is InChI=1S/C35H27FN2O5/c1-42-23-15-16-28(43-2)25(19-23)32(40)30-29(31(39)21-11-13-22(36)14-12-21)35(26-9-5-6-10-27(26)37-34(35)41)33-24-8-4-3-7-20(24)17-18-38(30)33/h3-19,29-30,33H,1-2H3,(H,37,41)/t29-,30-,33+,35+/m0/s1. The molecule has 4 aromatic carbocycles. The van der Waals surface area contributed by atoms with E-state index in [2.05, 4.69) is 5.32 Å². The number of rotatable bonds is 6. The van der Waals surface area contributed by atoms with Crippen molar-refractivity contribution >= 4 is 29.2 Å². The highest BCUT2D eigenvalue weighted by molar-refractivity contribution is 6.17. The van der Waals surface area contributed by atoms with E-state index in [0.29, 0.717) is 22.7 Å². The van der Waals surface area contributed by atoms with E-state index < -0.39 is 40.8 Å². The summed E-state index contributed by atoms with van der Waals surface area (Å²) in [7, 11) is 2.97. The summed E-state index contributed by atoms with van der Waals surface area (Å²) < 4.78 is 25.0. The van der Waals surface area contributed by atoms with Gasteiger partial charge in [0.05, 0.1) is 31.7 Å². The fourth-order valence-electron chi connectivity index (χ4n) is 7.13. The predicted octanol–water partition coefficient (Wildman–Crippen LogP) is 5.82. The number of hydrogen-bond donors (Lipinski definition) is 1. The lowest BCUT2D eigenvalue weighted by Gasteiger charge is -2.38. The lowest BCUT2D eigenvalue weighted by molar-refractivity contribution is -0.122. The molecule has 1 saturated heterocycles. The third kappa shape index (κ3) is 3.75. The van der Waals surface area contributed by atoms with Crippen molar-refractivity contribution in [2.45, 2.75) is 17.5 Å². The Hall–Kier alpha value is -5.24. The number of carbonyl (C=O) groups excluding carboxylic acids is 3. The van der Waals surface area contributed by atoms with Gasteiger partial charge in [0.2, 0.25) is 5.91 Å². The molecule has 3 heterocycles. The molecule has 3 aliphatic rings. The van der Waals surface area contributed by atoms with Crippen LogP contribution in [0.3, 0.4) is 0 Å². The van der Waals surface area contributed by atoms with Crippen LogP contribution in [0.25, 0.3) is 6.08 Å². The van der Waals surface area contributed by atoms with Crippen LogP contribution in [0.15, 0.2) is 97.2 Å². The van der Waals surface area contributed by atoms with Gasteiger partial charge in [0.1, 0.15) is 28.8 Å². The Balaban J connectivity index is 1.54. The Morgan fingerprint density at radius 1 is 0.884 bits per heavy atom. The first-order valence-corrected chi connectivity index (χ1v) is 13.9. The summed E-state index contributed by atoms with van der Waals surface area (Å²) in [5.41, 5.74) is 1.86. The summed E-state index contributed by atoms with van der Waals surface area (Å²) in [6.45, 7) is 0. The number of anilines is 1. The molecule has 7 nitrogen and oxygen atoms in total. The first kappa shape index (κ1) is 26.6. The average Bonchev–Trinajstić information content (AvgIpc) is 3.52. The third-order valence-corrected chi connectivity index (χ3v) is 8.92. The molecule has 1 spiro atoms. The molecule has 214 valence electrons. The minimum absolute atomic E-state index is 0.204. The van der Waals surface area contributed by atoms with E-state index >= 15 is 0 Å². The number of nitrogens with one attached hydrogen (secondary N) is 1. The van der Waals surface area contributed by atoms with Crippen LogP contribution in [0.1, 0.15) is 43.4 Å². The molecule has 1 fully saturated rings. The molecule has 0 unspecified atom stereocenters. The molecule has 0 aliphatic carbocycles. The molecule has 0 radical (unpaired) electrons. The fraction of sp³-hybridized carbons (Fsp3) is 0.171. The van der Waals surface area contributed by atoms with E-state index in [4.69, 9.17) is 9.47 Å². The Bertz CT molecular complexity index is 1830. The largest absolute Gasteiger partial charge is 0.497 e. The zero-order chi connectivity index (χ0) is 29.9. The fourth-order valence-corrected chi connectivity index (χ4v) is 7.13. The number of methoxy groups -OCH3 is 2. The topological polar surface area (TPSA) is 84.9 Å². The van der Waals surface area contributed by atoms with E-state index in [9.17, 15) is 18.8 Å². The highest BCUT2D eigenvalue weighted by Crippen LogP contribution is 2.62. The second-order valence-corrected chi connectivity index (χ2v) is 10.9. The molecule has 0 aromatic heterocycles. The van der Waals surface area contributed by atoms with Crippen LogP contribution in [0.5, 0.6) is 11.5 Å². The minimum atomic E-state index is -1.49. The van der Waals surface area contributed by atoms with E-state index in [1.54, 1.807) is 30.5 Å². The summed E-state index contributed by atoms with van der Waals surface area (Å²) >= 11 is 0. The third-order valence-electron chi connectivity index (χ3n) is 8.92. The maximum atomic E-state index is 14.9. The van der Waals surface area contributed by atoms with Gasteiger partial charge < -0.3 is 19.7 Å². The van der Waals surface area contributed by atoms with E-state index in [-0.39, 0.29) is 17.0 Å². The molecule has 7 rings (SSSR count). The summed E-state index contributed by atoms with van der Waals surface area (Å²) in [4.78, 5) is 46.0. The lowest BCUT2D eigenvalue weighted by atomic mass is 9.62. The van der Waals surface area contributed by atoms with Crippen LogP contribution >= 0.6 is 0 Å². The van der Waals surface area contributed by atoms with Crippen LogP contribution in [0.2, 0.25) is 0 Å². The minimum Gasteiger partial charge on any atom is -0.497 e. The zero-order valence-corrected chi connectivity index (χ0v) is 23.4. The van der Waals surface area contributed by atoms with Gasteiger partial charge >= 0.3 is 0 Å². The second-order valence-electron chi connectivity index (χ2n) is 10.9. The molecular weight excluding hydrogens is 547 g/mol. The summed E-state index contributed by atoms with van der Waals surface area (Å²) in [5.74, 6) is -2.14. The molecule has 1 N–H and O–H groups in total. The monoisotopic (exact) mass is 574 g/mol. The molecule has 43 heavy (non-hydrogen) atoms. The molecular formula is C35H27FN2O5. The quantitative estimate of drug-likeness (QED) is 0.292. The molecule has 1 amide bonds. The summed E-state index contributed by atoms with van der Waals surface area (Å²) in [5, 5.41) is 3.02. The van der Waals surface area contributed by atoms with E-state index in [0.717, 1.165) is 11.1 Å². The van der Waals surface area contributed by atoms with Gasteiger partial charge in [-0.3, -0.25) is 14.4 Å². The Kier molecular flexibility index (Phi) is 6.16. The highest BCUT2D eigenvalue weighted by Gasteiger charge is 2.70. The smallest absolute Gasteiger partial charge is 0.238 e. The molecule has 8 heteroatoms. The SMILES string of the molecule is COc1ccc(OC)c(C(=O)[C@@H]2[C@@H](C(=O)c3ccc(F)cc3)[C@@]3(C(=O)Nc4ccccc43)[C@H]3c4ccccc4C=CN23)c1. The summed E-state index contributed by atoms with van der Waals surface area (Å²) in [6, 6.07) is 23.3. The van der Waals surface area contributed by atoms with Crippen LogP contribution < -0.4 is 14.8 Å². The number of para-hydroxylation sites is 1. The van der Waals surface area contributed by atoms with Gasteiger partial charge in [-0.15, -0.1) is 0 Å². The van der Waals surface area contributed by atoms with Crippen molar-refractivity contribution in [2.75, 3.05) is 19.5 Å². The van der Waals surface area contributed by atoms with Crippen LogP contribution in [0.4, 0.5) is 10.1 Å². The van der Waals surface area contributed by atoms with Crippen molar-refractivity contribution in [3.8, 4) is 11.5 Å². The number of amides is 1. The van der Waals surface area contributed by atoms with Gasteiger partial charge in [0, 0.05) is 17.5 Å². The zero-order valence-electron chi connectivity index (χ0n) is 23.4. The number of ether oxygens (including phenoxy) is 2. The van der Waals surface area contributed by atoms with Crippen LogP contribution in [0, 0.1) is 11.7 Å². The molecule has 0 bridgehead atoms. The molecule has 0 saturated carbocycles. The van der Waals surface area contributed by atoms with Crippen molar-refractivity contribution in [3.05, 3.63) is 131 Å². The van der Waals surface area contributed by atoms with E-state index in [1.165, 1.54) is 38.5 Å². The molecule has 4 atom stereocenters. The Morgan fingerprint density at radius 3 is 2.40 bits per heavy atom. The lowest BCUT2D eigenvalue weighted by Crippen LogP contribution is -2.49. The number of nitrogens with zero attached hydrogens (tertiary/aromatic N) is 1. The van der Waals surface area contributed by atoms with Crippen molar-refractivity contribution in [3.63, 3.8) is 0 Å². The van der Waals surface area contributed by atoms with Crippen molar-refractivity contribution in [1.29, 1.82) is 0 Å². The highest BCUT2D eigenvalue weighted by atomic mass is 19.1. The predicted molar refractivity (Wildman–Crippen MR) is 159 cm³/mol. The van der Waals surface area contributed by atoms with Crippen LogP contribution in [-0.2, 0) is 10.2 Å². The number of ketones is 2. The number of halogens is 1. The number of carbonyl (C=O) groups is 3. The number of hydrogen-bond acceptors (Lipinski definition) is 6. The van der Waals surface area contributed by atoms with Crippen molar-refractivity contribution < 1.29 is 28.2 Å².